The lowest BCUT2D eigenvalue weighted by molar-refractivity contribution is 1.08. The maximum Gasteiger partial charge on any atom is 0.164 e. The van der Waals surface area contributed by atoms with Crippen molar-refractivity contribution in [2.45, 2.75) is 0 Å². The number of nitrogens with zero attached hydrogens (tertiary/aromatic N) is 4. The van der Waals surface area contributed by atoms with Gasteiger partial charge in [0, 0.05) is 42.4 Å². The van der Waals surface area contributed by atoms with E-state index in [0.29, 0.717) is 17.5 Å². The molecule has 3 aromatic heterocycles. The van der Waals surface area contributed by atoms with Crippen LogP contribution < -0.4 is 0 Å². The normalized spacial score (nSPS) is 11.6. The lowest BCUT2D eigenvalue weighted by atomic mass is 9.95. The summed E-state index contributed by atoms with van der Waals surface area (Å²) in [6.45, 7) is 0. The van der Waals surface area contributed by atoms with E-state index in [4.69, 9.17) is 19.9 Å². The average Bonchev–Trinajstić information content (AvgIpc) is 3.78. The summed E-state index contributed by atoms with van der Waals surface area (Å²) >= 11 is 3.54. The predicted octanol–water partition coefficient (Wildman–Crippen LogP) is 12.3. The van der Waals surface area contributed by atoms with E-state index in [0.717, 1.165) is 54.7 Å². The van der Waals surface area contributed by atoms with Gasteiger partial charge < -0.3 is 0 Å². The largest absolute Gasteiger partial charge is 0.236 e. The molecule has 10 rings (SSSR count). The summed E-state index contributed by atoms with van der Waals surface area (Å²) in [6.07, 6.45) is 0. The Morgan fingerprint density at radius 1 is 0.360 bits per heavy atom. The van der Waals surface area contributed by atoms with Crippen LogP contribution >= 0.6 is 22.7 Å². The fourth-order valence-electron chi connectivity index (χ4n) is 6.78. The average molecular weight is 675 g/mol. The van der Waals surface area contributed by atoms with E-state index in [1.54, 1.807) is 22.7 Å². The van der Waals surface area contributed by atoms with Crippen LogP contribution in [0.5, 0.6) is 0 Å². The van der Waals surface area contributed by atoms with Crippen LogP contribution in [-0.2, 0) is 0 Å². The van der Waals surface area contributed by atoms with Crippen molar-refractivity contribution in [2.24, 2.45) is 0 Å². The second-order valence-electron chi connectivity index (χ2n) is 12.3. The third kappa shape index (κ3) is 4.96. The minimum Gasteiger partial charge on any atom is -0.236 e. The van der Waals surface area contributed by atoms with Crippen molar-refractivity contribution in [3.8, 4) is 55.9 Å². The monoisotopic (exact) mass is 674 g/mol. The molecule has 0 saturated heterocycles. The van der Waals surface area contributed by atoms with Gasteiger partial charge in [-0.15, -0.1) is 22.7 Å². The Labute approximate surface area is 296 Å². The number of benzene rings is 7. The van der Waals surface area contributed by atoms with Gasteiger partial charge >= 0.3 is 0 Å². The molecule has 10 aromatic rings. The van der Waals surface area contributed by atoms with Gasteiger partial charge in [0.2, 0.25) is 0 Å². The number of hydrogen-bond donors (Lipinski definition) is 0. The van der Waals surface area contributed by atoms with Crippen molar-refractivity contribution in [1.82, 2.24) is 19.9 Å². The van der Waals surface area contributed by atoms with Crippen LogP contribution in [0.3, 0.4) is 0 Å². The molecular weight excluding hydrogens is 649 g/mol. The quantitative estimate of drug-likeness (QED) is 0.182. The highest BCUT2D eigenvalue weighted by Crippen LogP contribution is 2.43. The highest BCUT2D eigenvalue weighted by atomic mass is 32.1. The lowest BCUT2D eigenvalue weighted by Gasteiger charge is -2.13. The van der Waals surface area contributed by atoms with Crippen molar-refractivity contribution in [3.63, 3.8) is 0 Å². The zero-order valence-corrected chi connectivity index (χ0v) is 28.2. The first-order valence-electron chi connectivity index (χ1n) is 16.5. The minimum absolute atomic E-state index is 0.641. The smallest absolute Gasteiger partial charge is 0.164 e. The molecule has 0 aliphatic rings. The first-order chi connectivity index (χ1) is 24.7. The first kappa shape index (κ1) is 28.9. The summed E-state index contributed by atoms with van der Waals surface area (Å²) in [5.41, 5.74) is 7.32. The molecular formula is C44H26N4S2. The van der Waals surface area contributed by atoms with Gasteiger partial charge in [0.15, 0.2) is 17.5 Å². The molecule has 3 heterocycles. The second-order valence-corrected chi connectivity index (χ2v) is 14.4. The van der Waals surface area contributed by atoms with E-state index in [9.17, 15) is 0 Å². The zero-order chi connectivity index (χ0) is 33.0. The number of fused-ring (bicyclic) bond motifs is 5. The molecule has 0 amide bonds. The SMILES string of the molecule is c1ccc(-c2nc(-c3cc(-c4ccccc4)c4ccccc4c3)nc(-c3cccc4sc5cc6sc(-c7ccccc7)nc6cc5c34)n2)cc1. The van der Waals surface area contributed by atoms with Gasteiger partial charge in [0.25, 0.3) is 0 Å². The summed E-state index contributed by atoms with van der Waals surface area (Å²) in [4.78, 5) is 20.6. The Bertz CT molecular complexity index is 2860. The van der Waals surface area contributed by atoms with Gasteiger partial charge in [0.1, 0.15) is 5.01 Å². The maximum absolute atomic E-state index is 5.25. The standard InChI is InChI=1S/C44H26N4S2/c1-4-13-27(14-5-1)34-24-31(23-30-19-10-11-20-32(30)34)42-46-41(28-15-6-2-7-16-28)47-43(48-42)33-21-12-22-37-40(33)35-25-36-39(26-38(35)49-37)50-44(45-36)29-17-8-3-9-18-29/h1-26H. The molecule has 0 N–H and O–H groups in total. The molecule has 0 fully saturated rings. The van der Waals surface area contributed by atoms with Gasteiger partial charge in [-0.25, -0.2) is 19.9 Å². The fourth-order valence-corrected chi connectivity index (χ4v) is 9.00. The highest BCUT2D eigenvalue weighted by Gasteiger charge is 2.19. The lowest BCUT2D eigenvalue weighted by Crippen LogP contribution is -2.00. The molecule has 0 unspecified atom stereocenters. The third-order valence-corrected chi connectivity index (χ3v) is 11.3. The van der Waals surface area contributed by atoms with Crippen LogP contribution in [0.4, 0.5) is 0 Å². The summed E-state index contributed by atoms with van der Waals surface area (Å²) in [6, 6.07) is 55.0. The van der Waals surface area contributed by atoms with Crippen LogP contribution in [0.2, 0.25) is 0 Å². The molecule has 0 atom stereocenters. The minimum atomic E-state index is 0.641. The molecule has 50 heavy (non-hydrogen) atoms. The Balaban J connectivity index is 1.20. The van der Waals surface area contributed by atoms with E-state index < -0.39 is 0 Å². The van der Waals surface area contributed by atoms with Crippen LogP contribution in [-0.4, -0.2) is 19.9 Å². The molecule has 7 aromatic carbocycles. The molecule has 0 aliphatic carbocycles. The van der Waals surface area contributed by atoms with Gasteiger partial charge in [-0.2, -0.15) is 0 Å². The molecule has 0 radical (unpaired) electrons. The van der Waals surface area contributed by atoms with Gasteiger partial charge in [-0.1, -0.05) is 127 Å². The summed E-state index contributed by atoms with van der Waals surface area (Å²) < 4.78 is 3.60. The molecule has 0 bridgehead atoms. The van der Waals surface area contributed by atoms with Crippen molar-refractivity contribution in [3.05, 3.63) is 158 Å². The first-order valence-corrected chi connectivity index (χ1v) is 18.1. The Morgan fingerprint density at radius 2 is 1.02 bits per heavy atom. The van der Waals surface area contributed by atoms with Crippen LogP contribution in [0.25, 0.3) is 97.0 Å². The predicted molar refractivity (Wildman–Crippen MR) is 211 cm³/mol. The molecule has 6 heteroatoms. The van der Waals surface area contributed by atoms with E-state index in [1.807, 2.05) is 24.3 Å². The third-order valence-electron chi connectivity index (χ3n) is 9.14. The summed E-state index contributed by atoms with van der Waals surface area (Å²) in [7, 11) is 0. The zero-order valence-electron chi connectivity index (χ0n) is 26.6. The van der Waals surface area contributed by atoms with Crippen LogP contribution in [0, 0.1) is 0 Å². The number of thiazole rings is 1. The summed E-state index contributed by atoms with van der Waals surface area (Å²) in [5, 5.41) is 5.67. The van der Waals surface area contributed by atoms with Crippen LogP contribution in [0.15, 0.2) is 158 Å². The highest BCUT2D eigenvalue weighted by molar-refractivity contribution is 7.26. The molecule has 234 valence electrons. The second kappa shape index (κ2) is 11.8. The Morgan fingerprint density at radius 3 is 1.80 bits per heavy atom. The van der Waals surface area contributed by atoms with E-state index in [2.05, 4.69) is 133 Å². The van der Waals surface area contributed by atoms with Gasteiger partial charge in [-0.05, 0) is 52.2 Å². The van der Waals surface area contributed by atoms with E-state index >= 15 is 0 Å². The van der Waals surface area contributed by atoms with E-state index in [-0.39, 0.29) is 0 Å². The van der Waals surface area contributed by atoms with Crippen molar-refractivity contribution in [2.75, 3.05) is 0 Å². The molecule has 4 nitrogen and oxygen atoms in total. The number of hydrogen-bond acceptors (Lipinski definition) is 6. The van der Waals surface area contributed by atoms with Gasteiger partial charge in [0.05, 0.1) is 10.2 Å². The van der Waals surface area contributed by atoms with Crippen molar-refractivity contribution < 1.29 is 0 Å². The van der Waals surface area contributed by atoms with Crippen molar-refractivity contribution >= 4 is 63.8 Å². The number of rotatable bonds is 5. The van der Waals surface area contributed by atoms with Crippen molar-refractivity contribution in [1.29, 1.82) is 0 Å². The number of aromatic nitrogens is 4. The van der Waals surface area contributed by atoms with Gasteiger partial charge in [-0.3, -0.25) is 0 Å². The number of thiophene rings is 1. The fraction of sp³-hybridized carbons (Fsp3) is 0. The topological polar surface area (TPSA) is 51.6 Å². The molecule has 0 aliphatic heterocycles. The Kier molecular flexibility index (Phi) is 6.82. The van der Waals surface area contributed by atoms with E-state index in [1.165, 1.54) is 24.9 Å². The van der Waals surface area contributed by atoms with Crippen LogP contribution in [0.1, 0.15) is 0 Å². The molecule has 0 saturated carbocycles. The maximum atomic E-state index is 5.25. The summed E-state index contributed by atoms with van der Waals surface area (Å²) in [5.74, 6) is 1.94. The Hall–Kier alpha value is -6.08. The molecule has 0 spiro atoms.